The van der Waals surface area contributed by atoms with Gasteiger partial charge in [-0.1, -0.05) is 0 Å². The largest absolute Gasteiger partial charge is 0.493 e. The molecule has 2 saturated carbocycles. The van der Waals surface area contributed by atoms with Crippen molar-refractivity contribution in [3.05, 3.63) is 41.6 Å². The molecule has 2 fully saturated rings. The Balaban J connectivity index is 1.52. The van der Waals surface area contributed by atoms with Gasteiger partial charge in [0.1, 0.15) is 29.1 Å². The lowest BCUT2D eigenvalue weighted by Gasteiger charge is -2.12. The van der Waals surface area contributed by atoms with Crippen LogP contribution in [0, 0.1) is 18.7 Å². The van der Waals surface area contributed by atoms with E-state index >= 15 is 0 Å². The predicted molar refractivity (Wildman–Crippen MR) is 113 cm³/mol. The molecule has 2 aliphatic carbocycles. The third-order valence-electron chi connectivity index (χ3n) is 6.11. The third kappa shape index (κ3) is 3.99. The molecule has 0 saturated heterocycles. The first-order valence-electron chi connectivity index (χ1n) is 10.7. The summed E-state index contributed by atoms with van der Waals surface area (Å²) in [5, 5.41) is 12.7. The summed E-state index contributed by atoms with van der Waals surface area (Å²) < 4.78 is 20.1. The number of nitrogens with zero attached hydrogens (tertiary/aromatic N) is 2. The minimum Gasteiger partial charge on any atom is -0.493 e. The first-order chi connectivity index (χ1) is 15.0. The predicted octanol–water partition coefficient (Wildman–Crippen LogP) is 3.50. The number of aliphatic hydroxyl groups is 1. The highest BCUT2D eigenvalue weighted by atomic mass is 19.1. The number of carbonyl (C=O) groups is 1. The second-order valence-corrected chi connectivity index (χ2v) is 8.60. The number of halogens is 1. The molecule has 162 valence electrons. The smallest absolute Gasteiger partial charge is 0.255 e. The molecular weight excluding hydrogens is 399 g/mol. The molecule has 0 unspecified atom stereocenters. The van der Waals surface area contributed by atoms with E-state index in [-0.39, 0.29) is 23.9 Å². The molecule has 0 radical (unpaired) electrons. The Morgan fingerprint density at radius 2 is 2.13 bits per heavy atom. The second kappa shape index (κ2) is 7.92. The van der Waals surface area contributed by atoms with Crippen molar-refractivity contribution in [2.75, 3.05) is 6.61 Å². The van der Waals surface area contributed by atoms with Crippen molar-refractivity contribution in [1.82, 2.24) is 20.3 Å². The van der Waals surface area contributed by atoms with Crippen LogP contribution in [0.3, 0.4) is 0 Å². The molecule has 3 N–H and O–H groups in total. The van der Waals surface area contributed by atoms with Crippen LogP contribution in [0.1, 0.15) is 48.2 Å². The first-order valence-corrected chi connectivity index (χ1v) is 10.7. The molecule has 5 rings (SSSR count). The number of aryl methyl sites for hydroxylation is 1. The molecule has 2 aromatic heterocycles. The van der Waals surface area contributed by atoms with Crippen molar-refractivity contribution in [3.63, 3.8) is 0 Å². The van der Waals surface area contributed by atoms with Crippen LogP contribution in [0.2, 0.25) is 0 Å². The fourth-order valence-electron chi connectivity index (χ4n) is 4.25. The number of benzene rings is 1. The highest BCUT2D eigenvalue weighted by Gasteiger charge is 2.28. The Morgan fingerprint density at radius 1 is 1.29 bits per heavy atom. The summed E-state index contributed by atoms with van der Waals surface area (Å²) in [4.78, 5) is 25.0. The Bertz CT molecular complexity index is 1140. The number of ether oxygens (including phenoxy) is 1. The van der Waals surface area contributed by atoms with Gasteiger partial charge in [-0.15, -0.1) is 0 Å². The molecule has 3 aromatic rings. The number of amides is 1. The average Bonchev–Trinajstić information content (AvgIpc) is 3.38. The van der Waals surface area contributed by atoms with Crippen molar-refractivity contribution >= 4 is 16.9 Å². The summed E-state index contributed by atoms with van der Waals surface area (Å²) in [5.41, 5.74) is 3.17. The van der Waals surface area contributed by atoms with Crippen molar-refractivity contribution in [2.24, 2.45) is 5.92 Å². The van der Waals surface area contributed by atoms with Crippen LogP contribution in [-0.2, 0) is 0 Å². The summed E-state index contributed by atoms with van der Waals surface area (Å²) >= 11 is 0. The van der Waals surface area contributed by atoms with Gasteiger partial charge in [0.2, 0.25) is 0 Å². The molecule has 2 aliphatic rings. The zero-order chi connectivity index (χ0) is 21.5. The van der Waals surface area contributed by atoms with E-state index in [9.17, 15) is 14.3 Å². The van der Waals surface area contributed by atoms with Crippen molar-refractivity contribution in [3.8, 4) is 17.0 Å². The number of nitrogens with one attached hydrogen (secondary N) is 2. The lowest BCUT2D eigenvalue weighted by Crippen LogP contribution is -2.33. The molecule has 1 amide bonds. The highest BCUT2D eigenvalue weighted by Crippen LogP contribution is 2.36. The molecule has 2 atom stereocenters. The second-order valence-electron chi connectivity index (χ2n) is 8.60. The molecule has 0 bridgehead atoms. The van der Waals surface area contributed by atoms with Gasteiger partial charge in [-0.05, 0) is 63.1 Å². The Kier molecular flexibility index (Phi) is 5.09. The summed E-state index contributed by atoms with van der Waals surface area (Å²) in [6.07, 6.45) is 5.31. The molecule has 1 aromatic carbocycles. The van der Waals surface area contributed by atoms with E-state index in [0.717, 1.165) is 19.3 Å². The number of fused-ring (bicyclic) bond motifs is 1. The van der Waals surface area contributed by atoms with Crippen molar-refractivity contribution < 1.29 is 19.0 Å². The van der Waals surface area contributed by atoms with Gasteiger partial charge in [-0.2, -0.15) is 0 Å². The topological polar surface area (TPSA) is 100 Å². The number of aliphatic hydroxyl groups excluding tert-OH is 1. The summed E-state index contributed by atoms with van der Waals surface area (Å²) in [6, 6.07) is 4.34. The van der Waals surface area contributed by atoms with E-state index in [1.165, 1.54) is 18.5 Å². The summed E-state index contributed by atoms with van der Waals surface area (Å²) in [5.74, 6) is 0.491. The van der Waals surface area contributed by atoms with Gasteiger partial charge in [0, 0.05) is 17.3 Å². The van der Waals surface area contributed by atoms with E-state index in [4.69, 9.17) is 4.74 Å². The zero-order valence-electron chi connectivity index (χ0n) is 17.3. The normalized spacial score (nSPS) is 20.9. The standard InChI is InChI=1S/C23H25FN4O3/c1-12-19(23(30)28-15-5-6-16(29)9-15)21-22(27-12)20(25-11-26-21)17-8-14(24)4-7-18(17)31-10-13-2-3-13/h4,7-8,11,13,15-16,27,29H,2-3,5-6,9-10H2,1H3,(H,28,30)/t15-,16+/m0/s1. The first kappa shape index (κ1) is 19.9. The monoisotopic (exact) mass is 424 g/mol. The van der Waals surface area contributed by atoms with Gasteiger partial charge in [0.15, 0.2) is 0 Å². The zero-order valence-corrected chi connectivity index (χ0v) is 17.3. The van der Waals surface area contributed by atoms with Crippen molar-refractivity contribution in [1.29, 1.82) is 0 Å². The molecule has 8 heteroatoms. The SMILES string of the molecule is Cc1[nH]c2c(-c3cc(F)ccc3OCC3CC3)ncnc2c1C(=O)N[C@H]1CC[C@@H](O)C1. The van der Waals surface area contributed by atoms with Crippen LogP contribution in [0.15, 0.2) is 24.5 Å². The molecule has 7 nitrogen and oxygen atoms in total. The number of carbonyl (C=O) groups excluding carboxylic acids is 1. The number of rotatable bonds is 6. The lowest BCUT2D eigenvalue weighted by molar-refractivity contribution is 0.0935. The van der Waals surface area contributed by atoms with E-state index in [2.05, 4.69) is 20.3 Å². The molecule has 0 spiro atoms. The average molecular weight is 424 g/mol. The highest BCUT2D eigenvalue weighted by molar-refractivity contribution is 6.09. The van der Waals surface area contributed by atoms with Crippen LogP contribution in [0.25, 0.3) is 22.3 Å². The minimum absolute atomic E-state index is 0.0567. The minimum atomic E-state index is -0.387. The maximum absolute atomic E-state index is 14.1. The number of H-pyrrole nitrogens is 1. The summed E-state index contributed by atoms with van der Waals surface area (Å²) in [6.45, 7) is 2.40. The quantitative estimate of drug-likeness (QED) is 0.562. The lowest BCUT2D eigenvalue weighted by atomic mass is 10.1. The van der Waals surface area contributed by atoms with Gasteiger partial charge >= 0.3 is 0 Å². The van der Waals surface area contributed by atoms with Crippen LogP contribution in [0.5, 0.6) is 5.75 Å². The number of aromatic amines is 1. The molecule has 2 heterocycles. The third-order valence-corrected chi connectivity index (χ3v) is 6.11. The van der Waals surface area contributed by atoms with E-state index < -0.39 is 0 Å². The Morgan fingerprint density at radius 3 is 2.87 bits per heavy atom. The molecular formula is C23H25FN4O3. The van der Waals surface area contributed by atoms with E-state index in [0.29, 0.717) is 64.7 Å². The van der Waals surface area contributed by atoms with Gasteiger partial charge in [-0.25, -0.2) is 14.4 Å². The number of aromatic nitrogens is 3. The van der Waals surface area contributed by atoms with Crippen LogP contribution in [-0.4, -0.2) is 44.7 Å². The van der Waals surface area contributed by atoms with Gasteiger partial charge in [-0.3, -0.25) is 4.79 Å². The maximum Gasteiger partial charge on any atom is 0.255 e. The fraction of sp³-hybridized carbons (Fsp3) is 0.435. The fourth-order valence-corrected chi connectivity index (χ4v) is 4.25. The Labute approximate surface area is 179 Å². The van der Waals surface area contributed by atoms with Crippen LogP contribution >= 0.6 is 0 Å². The Hall–Kier alpha value is -3.00. The van der Waals surface area contributed by atoms with Crippen LogP contribution in [0.4, 0.5) is 4.39 Å². The maximum atomic E-state index is 14.1. The van der Waals surface area contributed by atoms with Gasteiger partial charge in [0.05, 0.1) is 23.8 Å². The van der Waals surface area contributed by atoms with E-state index in [1.807, 2.05) is 0 Å². The number of hydrogen-bond acceptors (Lipinski definition) is 5. The van der Waals surface area contributed by atoms with Crippen LogP contribution < -0.4 is 10.1 Å². The van der Waals surface area contributed by atoms with Gasteiger partial charge in [0.25, 0.3) is 5.91 Å². The summed E-state index contributed by atoms with van der Waals surface area (Å²) in [7, 11) is 0. The van der Waals surface area contributed by atoms with Crippen molar-refractivity contribution in [2.45, 2.75) is 51.2 Å². The number of hydrogen-bond donors (Lipinski definition) is 3. The molecule has 31 heavy (non-hydrogen) atoms. The van der Waals surface area contributed by atoms with Gasteiger partial charge < -0.3 is 20.1 Å². The van der Waals surface area contributed by atoms with E-state index in [1.54, 1.807) is 13.0 Å². The molecule has 0 aliphatic heterocycles.